The number of amides is 1. The van der Waals surface area contributed by atoms with Crippen LogP contribution in [0.3, 0.4) is 0 Å². The summed E-state index contributed by atoms with van der Waals surface area (Å²) in [6, 6.07) is 4.67. The van der Waals surface area contributed by atoms with Crippen LogP contribution in [0.5, 0.6) is 0 Å². The van der Waals surface area contributed by atoms with Crippen molar-refractivity contribution in [2.24, 2.45) is 0 Å². The predicted molar refractivity (Wildman–Crippen MR) is 95.3 cm³/mol. The second kappa shape index (κ2) is 7.89. The minimum atomic E-state index is -1.04. The van der Waals surface area contributed by atoms with E-state index in [4.69, 9.17) is 32.5 Å². The summed E-state index contributed by atoms with van der Waals surface area (Å²) in [5.74, 6) is -0.814. The second-order valence-electron chi connectivity index (χ2n) is 5.82. The van der Waals surface area contributed by atoms with Crippen molar-refractivity contribution in [2.75, 3.05) is 5.32 Å². The molecule has 2 rings (SSSR count). The van der Waals surface area contributed by atoms with Gasteiger partial charge in [0.05, 0.1) is 16.4 Å². The van der Waals surface area contributed by atoms with E-state index in [9.17, 15) is 9.59 Å². The number of carbonyl (C=O) groups excluding carboxylic acids is 2. The maximum atomic E-state index is 12.4. The molecule has 1 atom stereocenters. The van der Waals surface area contributed by atoms with Crippen molar-refractivity contribution in [3.8, 4) is 0 Å². The van der Waals surface area contributed by atoms with Gasteiger partial charge >= 0.3 is 5.97 Å². The van der Waals surface area contributed by atoms with Crippen LogP contribution in [0.1, 0.15) is 48.5 Å². The van der Waals surface area contributed by atoms with Crippen molar-refractivity contribution < 1.29 is 18.8 Å². The molecule has 6 nitrogen and oxygen atoms in total. The van der Waals surface area contributed by atoms with E-state index in [2.05, 4.69) is 10.5 Å². The summed E-state index contributed by atoms with van der Waals surface area (Å²) < 4.78 is 10.4. The molecule has 1 aromatic heterocycles. The smallest absolute Gasteiger partial charge is 0.344 e. The highest BCUT2D eigenvalue weighted by Crippen LogP contribution is 2.26. The number of nitrogens with one attached hydrogen (secondary N) is 1. The number of hydrogen-bond donors (Lipinski definition) is 1. The molecule has 0 aliphatic carbocycles. The fourth-order valence-corrected chi connectivity index (χ4v) is 2.47. The molecular formula is C17H18Cl2N2O4. The third-order valence-corrected chi connectivity index (χ3v) is 4.02. The maximum absolute atomic E-state index is 12.4. The fourth-order valence-electron chi connectivity index (χ4n) is 2.13. The molecule has 1 heterocycles. The molecule has 0 bridgehead atoms. The normalized spacial score (nSPS) is 12.1. The summed E-state index contributed by atoms with van der Waals surface area (Å²) in [5.41, 5.74) is 1.00. The molecule has 0 unspecified atom stereocenters. The number of halogens is 2. The summed E-state index contributed by atoms with van der Waals surface area (Å²) in [4.78, 5) is 24.6. The van der Waals surface area contributed by atoms with E-state index in [1.807, 2.05) is 13.8 Å². The topological polar surface area (TPSA) is 81.4 Å². The van der Waals surface area contributed by atoms with Crippen molar-refractivity contribution in [3.05, 3.63) is 45.3 Å². The fraction of sp³-hybridized carbons (Fsp3) is 0.353. The van der Waals surface area contributed by atoms with Gasteiger partial charge in [-0.05, 0) is 32.0 Å². The number of nitrogens with zero attached hydrogens (tertiary/aromatic N) is 1. The maximum Gasteiger partial charge on any atom is 0.344 e. The van der Waals surface area contributed by atoms with Gasteiger partial charge in [-0.1, -0.05) is 42.2 Å². The molecule has 0 spiro atoms. The molecule has 0 aliphatic heterocycles. The Morgan fingerprint density at radius 3 is 2.56 bits per heavy atom. The summed E-state index contributed by atoms with van der Waals surface area (Å²) in [5, 5.41) is 7.12. The summed E-state index contributed by atoms with van der Waals surface area (Å²) in [6.45, 7) is 6.84. The second-order valence-corrected chi connectivity index (χ2v) is 6.67. The Morgan fingerprint density at radius 1 is 1.24 bits per heavy atom. The van der Waals surface area contributed by atoms with Crippen molar-refractivity contribution in [2.45, 2.75) is 39.7 Å². The first kappa shape index (κ1) is 19.3. The van der Waals surface area contributed by atoms with Gasteiger partial charge in [-0.15, -0.1) is 0 Å². The molecule has 8 heteroatoms. The molecular weight excluding hydrogens is 367 g/mol. The summed E-state index contributed by atoms with van der Waals surface area (Å²) >= 11 is 11.9. The van der Waals surface area contributed by atoms with Gasteiger partial charge in [-0.2, -0.15) is 0 Å². The van der Waals surface area contributed by atoms with E-state index in [0.717, 1.165) is 0 Å². The van der Waals surface area contributed by atoms with Crippen LogP contribution in [0.25, 0.3) is 0 Å². The van der Waals surface area contributed by atoms with Gasteiger partial charge < -0.3 is 14.6 Å². The first-order valence-electron chi connectivity index (χ1n) is 7.63. The number of hydrogen-bond acceptors (Lipinski definition) is 5. The van der Waals surface area contributed by atoms with E-state index in [-0.39, 0.29) is 11.5 Å². The Hall–Kier alpha value is -2.05. The van der Waals surface area contributed by atoms with E-state index in [0.29, 0.717) is 27.2 Å². The van der Waals surface area contributed by atoms with Crippen LogP contribution >= 0.6 is 23.2 Å². The molecule has 0 saturated heterocycles. The third-order valence-electron chi connectivity index (χ3n) is 3.46. The zero-order valence-electron chi connectivity index (χ0n) is 14.2. The minimum absolute atomic E-state index is 0.0434. The van der Waals surface area contributed by atoms with E-state index in [1.165, 1.54) is 13.0 Å². The quantitative estimate of drug-likeness (QED) is 0.761. The van der Waals surface area contributed by atoms with Crippen molar-refractivity contribution in [1.29, 1.82) is 0 Å². The average molecular weight is 385 g/mol. The van der Waals surface area contributed by atoms with Crippen LogP contribution in [-0.2, 0) is 9.53 Å². The monoisotopic (exact) mass is 384 g/mol. The van der Waals surface area contributed by atoms with Gasteiger partial charge in [0.15, 0.2) is 11.9 Å². The van der Waals surface area contributed by atoms with Gasteiger partial charge in [0.1, 0.15) is 5.56 Å². The summed E-state index contributed by atoms with van der Waals surface area (Å²) in [6.07, 6.45) is -1.04. The van der Waals surface area contributed by atoms with E-state index < -0.39 is 18.0 Å². The Morgan fingerprint density at radius 2 is 1.92 bits per heavy atom. The summed E-state index contributed by atoms with van der Waals surface area (Å²) in [7, 11) is 0. The highest BCUT2D eigenvalue weighted by molar-refractivity contribution is 6.35. The lowest BCUT2D eigenvalue weighted by Crippen LogP contribution is -2.30. The van der Waals surface area contributed by atoms with Crippen LogP contribution in [0.2, 0.25) is 10.0 Å². The molecule has 0 aliphatic rings. The molecule has 1 amide bonds. The number of ether oxygens (including phenoxy) is 1. The van der Waals surface area contributed by atoms with Crippen molar-refractivity contribution in [1.82, 2.24) is 5.16 Å². The predicted octanol–water partition coefficient (Wildman–Crippen LogP) is 4.60. The van der Waals surface area contributed by atoms with Crippen LogP contribution < -0.4 is 5.32 Å². The molecule has 134 valence electrons. The van der Waals surface area contributed by atoms with Crippen molar-refractivity contribution in [3.63, 3.8) is 0 Å². The number of rotatable bonds is 5. The molecule has 1 N–H and O–H groups in total. The van der Waals surface area contributed by atoms with Crippen molar-refractivity contribution >= 4 is 40.8 Å². The zero-order chi connectivity index (χ0) is 18.7. The van der Waals surface area contributed by atoms with Crippen LogP contribution in [0.15, 0.2) is 22.7 Å². The van der Waals surface area contributed by atoms with Gasteiger partial charge in [0, 0.05) is 10.9 Å². The van der Waals surface area contributed by atoms with Crippen LogP contribution in [0.4, 0.5) is 5.69 Å². The van der Waals surface area contributed by atoms with Gasteiger partial charge in [-0.25, -0.2) is 4.79 Å². The standard InChI is InChI=1S/C17H18Cl2N2O4/c1-8(2)15-14(9(3)21-25-15)17(23)24-10(4)16(22)20-13-7-11(18)5-6-12(13)19/h5-8,10H,1-4H3,(H,20,22)/t10-/m1/s1. The molecule has 0 saturated carbocycles. The number of aromatic nitrogens is 1. The Bertz CT molecular complexity index is 802. The number of benzene rings is 1. The molecule has 25 heavy (non-hydrogen) atoms. The Kier molecular flexibility index (Phi) is 6.08. The minimum Gasteiger partial charge on any atom is -0.449 e. The zero-order valence-corrected chi connectivity index (χ0v) is 15.7. The number of aryl methyl sites for hydroxylation is 1. The number of esters is 1. The van der Waals surface area contributed by atoms with Crippen LogP contribution in [-0.4, -0.2) is 23.1 Å². The first-order valence-corrected chi connectivity index (χ1v) is 8.39. The Balaban J connectivity index is 2.10. The SMILES string of the molecule is Cc1noc(C(C)C)c1C(=O)O[C@H](C)C(=O)Nc1cc(Cl)ccc1Cl. The molecule has 1 aromatic carbocycles. The van der Waals surface area contributed by atoms with Crippen LogP contribution in [0, 0.1) is 6.92 Å². The molecule has 0 radical (unpaired) electrons. The van der Waals surface area contributed by atoms with Gasteiger partial charge in [0.2, 0.25) is 0 Å². The number of carbonyl (C=O) groups is 2. The highest BCUT2D eigenvalue weighted by atomic mass is 35.5. The highest BCUT2D eigenvalue weighted by Gasteiger charge is 2.27. The lowest BCUT2D eigenvalue weighted by molar-refractivity contribution is -0.123. The third kappa shape index (κ3) is 4.52. The lowest BCUT2D eigenvalue weighted by atomic mass is 10.1. The Labute approximate surface area is 155 Å². The van der Waals surface area contributed by atoms with Gasteiger partial charge in [0.25, 0.3) is 5.91 Å². The molecule has 0 fully saturated rings. The largest absolute Gasteiger partial charge is 0.449 e. The average Bonchev–Trinajstić information content (AvgIpc) is 2.92. The molecule has 2 aromatic rings. The number of anilines is 1. The van der Waals surface area contributed by atoms with E-state index in [1.54, 1.807) is 19.1 Å². The first-order chi connectivity index (χ1) is 11.7. The lowest BCUT2D eigenvalue weighted by Gasteiger charge is -2.14. The van der Waals surface area contributed by atoms with Gasteiger partial charge in [-0.3, -0.25) is 4.79 Å². The van der Waals surface area contributed by atoms with E-state index >= 15 is 0 Å².